The van der Waals surface area contributed by atoms with Crippen LogP contribution >= 0.6 is 11.8 Å². The fraction of sp³-hybridized carbons (Fsp3) is 0.269. The van der Waals surface area contributed by atoms with Gasteiger partial charge in [-0.2, -0.15) is 0 Å². The van der Waals surface area contributed by atoms with Crippen molar-refractivity contribution in [3.8, 4) is 5.75 Å². The van der Waals surface area contributed by atoms with Crippen LogP contribution in [-0.2, 0) is 12.3 Å². The number of anilines is 1. The van der Waals surface area contributed by atoms with Crippen molar-refractivity contribution in [1.29, 1.82) is 0 Å². The van der Waals surface area contributed by atoms with Crippen LogP contribution in [0.5, 0.6) is 5.75 Å². The van der Waals surface area contributed by atoms with Crippen LogP contribution in [0.1, 0.15) is 32.0 Å². The first kappa shape index (κ1) is 26.0. The van der Waals surface area contributed by atoms with E-state index in [1.807, 2.05) is 61.7 Å². The van der Waals surface area contributed by atoms with Gasteiger partial charge in [0.05, 0.1) is 35.3 Å². The molecule has 4 aromatic rings. The van der Waals surface area contributed by atoms with Crippen molar-refractivity contribution in [3.63, 3.8) is 0 Å². The number of nitrogens with one attached hydrogen (secondary N) is 2. The van der Waals surface area contributed by atoms with Crippen LogP contribution in [-0.4, -0.2) is 38.1 Å². The third kappa shape index (κ3) is 6.56. The quantitative estimate of drug-likeness (QED) is 0.176. The molecule has 0 saturated carbocycles. The summed E-state index contributed by atoms with van der Waals surface area (Å²) in [6.45, 7) is 6.22. The average Bonchev–Trinajstić information content (AvgIpc) is 3.18. The predicted octanol–water partition coefficient (Wildman–Crippen LogP) is 5.61. The number of methoxy groups -OCH3 is 1. The van der Waals surface area contributed by atoms with Crippen molar-refractivity contribution in [2.45, 2.75) is 43.8 Å². The van der Waals surface area contributed by atoms with E-state index in [4.69, 9.17) is 9.72 Å². The van der Waals surface area contributed by atoms with Gasteiger partial charge < -0.3 is 19.9 Å². The summed E-state index contributed by atoms with van der Waals surface area (Å²) in [5, 5.41) is 17.7. The van der Waals surface area contributed by atoms with Crippen LogP contribution in [0, 0.1) is 10.1 Å². The number of pyridine rings is 1. The predicted molar refractivity (Wildman–Crippen MR) is 144 cm³/mol. The summed E-state index contributed by atoms with van der Waals surface area (Å²) >= 11 is 1.44. The minimum atomic E-state index is -0.422. The molecular formula is C26H28N6O4S. The third-order valence-corrected chi connectivity index (χ3v) is 6.36. The molecule has 0 atom stereocenters. The molecular weight excluding hydrogens is 492 g/mol. The molecule has 0 unspecified atom stereocenters. The smallest absolute Gasteiger partial charge is 0.319 e. The number of ether oxygens (including phenoxy) is 1. The fourth-order valence-corrected chi connectivity index (χ4v) is 4.73. The van der Waals surface area contributed by atoms with Gasteiger partial charge in [0.25, 0.3) is 5.69 Å². The molecule has 2 amide bonds. The lowest BCUT2D eigenvalue weighted by atomic mass is 10.1. The average molecular weight is 521 g/mol. The van der Waals surface area contributed by atoms with Gasteiger partial charge in [-0.05, 0) is 57.2 Å². The zero-order valence-corrected chi connectivity index (χ0v) is 21.8. The van der Waals surface area contributed by atoms with E-state index in [2.05, 4.69) is 15.6 Å². The van der Waals surface area contributed by atoms with Gasteiger partial charge >= 0.3 is 6.03 Å². The number of imidazole rings is 1. The highest BCUT2D eigenvalue weighted by atomic mass is 32.2. The maximum atomic E-state index is 12.4. The lowest BCUT2D eigenvalue weighted by molar-refractivity contribution is -0.384. The topological polar surface area (TPSA) is 124 Å². The fourth-order valence-electron chi connectivity index (χ4n) is 3.74. The van der Waals surface area contributed by atoms with Crippen LogP contribution < -0.4 is 15.4 Å². The number of thioether (sulfide) groups is 1. The number of amides is 2. The number of rotatable bonds is 8. The summed E-state index contributed by atoms with van der Waals surface area (Å²) in [4.78, 5) is 32.5. The molecule has 4 rings (SSSR count). The second kappa shape index (κ2) is 10.9. The summed E-state index contributed by atoms with van der Waals surface area (Å²) in [7, 11) is 1.54. The molecule has 0 saturated heterocycles. The highest BCUT2D eigenvalue weighted by Gasteiger charge is 2.18. The van der Waals surface area contributed by atoms with E-state index in [-0.39, 0.29) is 17.3 Å². The Balaban J connectivity index is 1.67. The largest absolute Gasteiger partial charge is 0.496 e. The van der Waals surface area contributed by atoms with Gasteiger partial charge in [0.2, 0.25) is 0 Å². The zero-order valence-electron chi connectivity index (χ0n) is 21.0. The third-order valence-electron chi connectivity index (χ3n) is 5.34. The number of nitro groups is 1. The van der Waals surface area contributed by atoms with E-state index in [0.29, 0.717) is 40.0 Å². The Labute approximate surface area is 218 Å². The minimum absolute atomic E-state index is 0.00244. The number of benzene rings is 2. The van der Waals surface area contributed by atoms with Crippen molar-refractivity contribution < 1.29 is 14.5 Å². The van der Waals surface area contributed by atoms with Crippen LogP contribution in [0.2, 0.25) is 0 Å². The van der Waals surface area contributed by atoms with Crippen molar-refractivity contribution in [2.24, 2.45) is 0 Å². The van der Waals surface area contributed by atoms with E-state index in [9.17, 15) is 14.9 Å². The molecule has 0 fully saturated rings. The molecule has 37 heavy (non-hydrogen) atoms. The van der Waals surface area contributed by atoms with Crippen molar-refractivity contribution in [3.05, 3.63) is 82.2 Å². The first-order valence-corrected chi connectivity index (χ1v) is 12.5. The Bertz CT molecular complexity index is 1430. The molecule has 192 valence electrons. The maximum Gasteiger partial charge on any atom is 0.319 e. The second-order valence-electron chi connectivity index (χ2n) is 9.38. The number of carbonyl (C=O) groups excluding carboxylic acids is 1. The lowest BCUT2D eigenvalue weighted by Gasteiger charge is -2.20. The number of hydrogen-bond donors (Lipinski definition) is 2. The molecule has 2 heterocycles. The van der Waals surface area contributed by atoms with E-state index < -0.39 is 4.92 Å². The standard InChI is InChI=1S/C26H28N6O4S/c1-26(2,3)30-24(33)28-18-8-10-22-21(14-18)29-25(31(22)15-19-7-5-6-12-27-19)37-16-17-13-20(32(34)35)9-11-23(17)36-4/h5-14H,15-16H2,1-4H3,(H2,28,30,33). The van der Waals surface area contributed by atoms with Gasteiger partial charge in [0, 0.05) is 40.9 Å². The number of fused-ring (bicyclic) bond motifs is 1. The number of urea groups is 1. The summed E-state index contributed by atoms with van der Waals surface area (Å²) in [6.07, 6.45) is 1.74. The summed E-state index contributed by atoms with van der Waals surface area (Å²) in [6, 6.07) is 15.5. The SMILES string of the molecule is COc1ccc([N+](=O)[O-])cc1CSc1nc2cc(NC(=O)NC(C)(C)C)ccc2n1Cc1ccccn1. The molecule has 2 N–H and O–H groups in total. The van der Waals surface area contributed by atoms with Crippen molar-refractivity contribution >= 4 is 40.2 Å². The van der Waals surface area contributed by atoms with E-state index >= 15 is 0 Å². The lowest BCUT2D eigenvalue weighted by Crippen LogP contribution is -2.43. The normalized spacial score (nSPS) is 11.4. The molecule has 2 aromatic heterocycles. The first-order chi connectivity index (χ1) is 17.6. The number of nitrogens with zero attached hydrogens (tertiary/aromatic N) is 4. The van der Waals surface area contributed by atoms with E-state index in [1.54, 1.807) is 12.3 Å². The van der Waals surface area contributed by atoms with Crippen molar-refractivity contribution in [2.75, 3.05) is 12.4 Å². The Kier molecular flexibility index (Phi) is 7.63. The van der Waals surface area contributed by atoms with Crippen LogP contribution in [0.4, 0.5) is 16.2 Å². The monoisotopic (exact) mass is 520 g/mol. The summed E-state index contributed by atoms with van der Waals surface area (Å²) in [5.74, 6) is 0.983. The molecule has 2 aromatic carbocycles. The zero-order chi connectivity index (χ0) is 26.6. The van der Waals surface area contributed by atoms with Crippen LogP contribution in [0.25, 0.3) is 11.0 Å². The molecule has 0 bridgehead atoms. The highest BCUT2D eigenvalue weighted by Crippen LogP contribution is 2.33. The second-order valence-corrected chi connectivity index (χ2v) is 10.3. The summed E-state index contributed by atoms with van der Waals surface area (Å²) < 4.78 is 7.47. The Morgan fingerprint density at radius 2 is 1.97 bits per heavy atom. The van der Waals surface area contributed by atoms with Crippen molar-refractivity contribution in [1.82, 2.24) is 19.9 Å². The van der Waals surface area contributed by atoms with E-state index in [0.717, 1.165) is 11.2 Å². The molecule has 0 aliphatic carbocycles. The summed E-state index contributed by atoms with van der Waals surface area (Å²) in [5.41, 5.74) is 3.40. The molecule has 0 aliphatic rings. The molecule has 11 heteroatoms. The van der Waals surface area contributed by atoms with Gasteiger partial charge in [0.15, 0.2) is 5.16 Å². The van der Waals surface area contributed by atoms with Gasteiger partial charge in [-0.25, -0.2) is 9.78 Å². The molecule has 0 spiro atoms. The van der Waals surface area contributed by atoms with Gasteiger partial charge in [0.1, 0.15) is 5.75 Å². The first-order valence-electron chi connectivity index (χ1n) is 11.6. The Hall–Kier alpha value is -4.12. The minimum Gasteiger partial charge on any atom is -0.496 e. The van der Waals surface area contributed by atoms with E-state index in [1.165, 1.54) is 31.0 Å². The molecule has 10 nitrogen and oxygen atoms in total. The van der Waals surface area contributed by atoms with Crippen LogP contribution in [0.15, 0.2) is 66.0 Å². The Morgan fingerprint density at radius 3 is 2.65 bits per heavy atom. The van der Waals surface area contributed by atoms with Gasteiger partial charge in [-0.3, -0.25) is 15.1 Å². The number of non-ortho nitro benzene ring substituents is 1. The molecule has 0 aliphatic heterocycles. The number of nitro benzene ring substituents is 1. The number of carbonyl (C=O) groups is 1. The highest BCUT2D eigenvalue weighted by molar-refractivity contribution is 7.98. The van der Waals surface area contributed by atoms with Gasteiger partial charge in [-0.15, -0.1) is 0 Å². The van der Waals surface area contributed by atoms with Gasteiger partial charge in [-0.1, -0.05) is 17.8 Å². The number of aromatic nitrogens is 3. The Morgan fingerprint density at radius 1 is 1.16 bits per heavy atom. The maximum absolute atomic E-state index is 12.4. The van der Waals surface area contributed by atoms with Crippen LogP contribution in [0.3, 0.4) is 0 Å². The molecule has 0 radical (unpaired) electrons. The number of hydrogen-bond acceptors (Lipinski definition) is 7.